The molecule has 0 unspecified atom stereocenters. The molecule has 1 saturated heterocycles. The van der Waals surface area contributed by atoms with E-state index in [1.54, 1.807) is 0 Å². The Labute approximate surface area is 84.7 Å². The van der Waals surface area contributed by atoms with Gasteiger partial charge in [-0.15, -0.1) is 0 Å². The van der Waals surface area contributed by atoms with Crippen molar-refractivity contribution in [3.8, 4) is 0 Å². The van der Waals surface area contributed by atoms with Crippen molar-refractivity contribution in [2.75, 3.05) is 18.4 Å². The summed E-state index contributed by atoms with van der Waals surface area (Å²) >= 11 is 0. The topological polar surface area (TPSA) is 24.1 Å². The highest BCUT2D eigenvalue weighted by Gasteiger charge is 2.48. The van der Waals surface area contributed by atoms with Crippen LogP contribution in [-0.4, -0.2) is 19.1 Å². The first-order valence-electron chi connectivity index (χ1n) is 5.39. The van der Waals surface area contributed by atoms with Crippen molar-refractivity contribution in [3.05, 3.63) is 30.3 Å². The zero-order chi connectivity index (χ0) is 9.43. The largest absolute Gasteiger partial charge is 0.382 e. The number of nitrogens with one attached hydrogen (secondary N) is 2. The molecule has 2 nitrogen and oxygen atoms in total. The quantitative estimate of drug-likeness (QED) is 0.740. The lowest BCUT2D eigenvalue weighted by atomic mass is 9.61. The maximum Gasteiger partial charge on any atom is 0.0342 e. The Bertz CT molecular complexity index is 308. The van der Waals surface area contributed by atoms with E-state index in [0.29, 0.717) is 11.5 Å². The van der Waals surface area contributed by atoms with Crippen LogP contribution in [0, 0.1) is 5.41 Å². The maximum atomic E-state index is 3.57. The summed E-state index contributed by atoms with van der Waals surface area (Å²) in [6.45, 7) is 2.47. The molecule has 1 aliphatic carbocycles. The minimum atomic E-state index is 0.673. The first-order valence-corrected chi connectivity index (χ1v) is 5.39. The molecule has 0 amide bonds. The van der Waals surface area contributed by atoms with Crippen molar-refractivity contribution in [2.24, 2.45) is 5.41 Å². The summed E-state index contributed by atoms with van der Waals surface area (Å²) in [6, 6.07) is 11.2. The number of para-hydroxylation sites is 1. The Balaban J connectivity index is 1.56. The number of hydrogen-bond donors (Lipinski definition) is 2. The second-order valence-electron chi connectivity index (χ2n) is 4.72. The molecule has 1 aliphatic heterocycles. The van der Waals surface area contributed by atoms with Crippen LogP contribution in [0.15, 0.2) is 30.3 Å². The number of rotatable bonds is 2. The van der Waals surface area contributed by atoms with Gasteiger partial charge in [-0.1, -0.05) is 18.2 Å². The molecule has 1 aromatic rings. The van der Waals surface area contributed by atoms with E-state index in [1.165, 1.54) is 31.6 Å². The molecule has 0 atom stereocenters. The van der Waals surface area contributed by atoms with Gasteiger partial charge >= 0.3 is 0 Å². The van der Waals surface area contributed by atoms with Crippen LogP contribution < -0.4 is 10.6 Å². The van der Waals surface area contributed by atoms with Crippen LogP contribution in [0.2, 0.25) is 0 Å². The van der Waals surface area contributed by atoms with Gasteiger partial charge in [0.05, 0.1) is 0 Å². The summed E-state index contributed by atoms with van der Waals surface area (Å²) in [6.07, 6.45) is 2.68. The van der Waals surface area contributed by atoms with E-state index in [0.717, 1.165) is 0 Å². The van der Waals surface area contributed by atoms with Crippen LogP contribution in [-0.2, 0) is 0 Å². The number of hydrogen-bond acceptors (Lipinski definition) is 2. The molecular formula is C12H16N2. The standard InChI is InChI=1S/C12H16N2/c1-2-4-10(5-3-1)14-11-6-12(7-11)8-13-9-12/h1-5,11,13-14H,6-9H2. The molecule has 0 aromatic heterocycles. The Morgan fingerprint density at radius 3 is 2.43 bits per heavy atom. The third-order valence-corrected chi connectivity index (χ3v) is 3.50. The fraction of sp³-hybridized carbons (Fsp3) is 0.500. The van der Waals surface area contributed by atoms with Gasteiger partial charge in [0.2, 0.25) is 0 Å². The second-order valence-corrected chi connectivity index (χ2v) is 4.72. The molecule has 0 bridgehead atoms. The van der Waals surface area contributed by atoms with E-state index in [9.17, 15) is 0 Å². The molecule has 3 rings (SSSR count). The minimum absolute atomic E-state index is 0.673. The second kappa shape index (κ2) is 2.99. The van der Waals surface area contributed by atoms with Gasteiger partial charge in [-0.05, 0) is 30.4 Å². The van der Waals surface area contributed by atoms with Gasteiger partial charge in [0.1, 0.15) is 0 Å². The van der Waals surface area contributed by atoms with Crippen LogP contribution in [0.3, 0.4) is 0 Å². The summed E-state index contributed by atoms with van der Waals surface area (Å²) in [4.78, 5) is 0. The third-order valence-electron chi connectivity index (χ3n) is 3.50. The van der Waals surface area contributed by atoms with Crippen LogP contribution >= 0.6 is 0 Å². The Kier molecular flexibility index (Phi) is 1.77. The van der Waals surface area contributed by atoms with E-state index in [4.69, 9.17) is 0 Å². The monoisotopic (exact) mass is 188 g/mol. The molecule has 2 aliphatic rings. The van der Waals surface area contributed by atoms with Crippen LogP contribution in [0.4, 0.5) is 5.69 Å². The van der Waals surface area contributed by atoms with Crippen molar-refractivity contribution < 1.29 is 0 Å². The van der Waals surface area contributed by atoms with Crippen LogP contribution in [0.25, 0.3) is 0 Å². The molecule has 74 valence electrons. The van der Waals surface area contributed by atoms with Gasteiger partial charge in [0.15, 0.2) is 0 Å². The predicted octanol–water partition coefficient (Wildman–Crippen LogP) is 1.85. The van der Waals surface area contributed by atoms with Gasteiger partial charge in [0.25, 0.3) is 0 Å². The van der Waals surface area contributed by atoms with E-state index >= 15 is 0 Å². The van der Waals surface area contributed by atoms with E-state index in [-0.39, 0.29) is 0 Å². The average molecular weight is 188 g/mol. The molecule has 1 heterocycles. The summed E-state index contributed by atoms with van der Waals surface area (Å²) in [7, 11) is 0. The molecule has 2 fully saturated rings. The normalized spacial score (nSPS) is 24.0. The van der Waals surface area contributed by atoms with E-state index < -0.39 is 0 Å². The SMILES string of the molecule is c1ccc(NC2CC3(CNC3)C2)cc1. The Morgan fingerprint density at radius 2 is 1.86 bits per heavy atom. The zero-order valence-electron chi connectivity index (χ0n) is 8.29. The van der Waals surface area contributed by atoms with E-state index in [2.05, 4.69) is 41.0 Å². The molecule has 1 saturated carbocycles. The predicted molar refractivity (Wildman–Crippen MR) is 58.4 cm³/mol. The molecule has 14 heavy (non-hydrogen) atoms. The summed E-state index contributed by atoms with van der Waals surface area (Å²) in [5, 5.41) is 6.93. The van der Waals surface area contributed by atoms with Gasteiger partial charge in [0, 0.05) is 24.8 Å². The molecule has 1 aromatic carbocycles. The highest BCUT2D eigenvalue weighted by atomic mass is 15.0. The van der Waals surface area contributed by atoms with Crippen molar-refractivity contribution in [1.29, 1.82) is 0 Å². The lowest BCUT2D eigenvalue weighted by Crippen LogP contribution is -2.63. The Morgan fingerprint density at radius 1 is 1.14 bits per heavy atom. The summed E-state index contributed by atoms with van der Waals surface area (Å²) in [5.74, 6) is 0. The van der Waals surface area contributed by atoms with Gasteiger partial charge in [-0.3, -0.25) is 0 Å². The minimum Gasteiger partial charge on any atom is -0.382 e. The molecule has 0 radical (unpaired) electrons. The van der Waals surface area contributed by atoms with Crippen LogP contribution in [0.1, 0.15) is 12.8 Å². The van der Waals surface area contributed by atoms with Gasteiger partial charge < -0.3 is 10.6 Å². The summed E-state index contributed by atoms with van der Waals surface area (Å²) in [5.41, 5.74) is 1.94. The number of anilines is 1. The summed E-state index contributed by atoms with van der Waals surface area (Å²) < 4.78 is 0. The highest BCUT2D eigenvalue weighted by Crippen LogP contribution is 2.45. The van der Waals surface area contributed by atoms with Crippen molar-refractivity contribution in [1.82, 2.24) is 5.32 Å². The van der Waals surface area contributed by atoms with Crippen molar-refractivity contribution in [2.45, 2.75) is 18.9 Å². The van der Waals surface area contributed by atoms with E-state index in [1.807, 2.05) is 0 Å². The number of benzene rings is 1. The highest BCUT2D eigenvalue weighted by molar-refractivity contribution is 5.44. The van der Waals surface area contributed by atoms with Crippen molar-refractivity contribution >= 4 is 5.69 Å². The smallest absolute Gasteiger partial charge is 0.0342 e. The molecular weight excluding hydrogens is 172 g/mol. The zero-order valence-corrected chi connectivity index (χ0v) is 8.29. The van der Waals surface area contributed by atoms with Crippen LogP contribution in [0.5, 0.6) is 0 Å². The van der Waals surface area contributed by atoms with Crippen molar-refractivity contribution in [3.63, 3.8) is 0 Å². The average Bonchev–Trinajstić information content (AvgIpc) is 2.09. The fourth-order valence-electron chi connectivity index (χ4n) is 2.62. The first kappa shape index (κ1) is 8.30. The third kappa shape index (κ3) is 1.30. The molecule has 1 spiro atoms. The maximum absolute atomic E-state index is 3.57. The lowest BCUT2D eigenvalue weighted by Gasteiger charge is -2.54. The molecule has 2 N–H and O–H groups in total. The Hall–Kier alpha value is -1.02. The molecule has 2 heteroatoms. The van der Waals surface area contributed by atoms with Gasteiger partial charge in [-0.2, -0.15) is 0 Å². The fourth-order valence-corrected chi connectivity index (χ4v) is 2.62. The van der Waals surface area contributed by atoms with Gasteiger partial charge in [-0.25, -0.2) is 0 Å². The first-order chi connectivity index (χ1) is 6.86. The lowest BCUT2D eigenvalue weighted by molar-refractivity contribution is 0.0470.